The highest BCUT2D eigenvalue weighted by atomic mass is 79.9. The van der Waals surface area contributed by atoms with Gasteiger partial charge in [0.25, 0.3) is 0 Å². The van der Waals surface area contributed by atoms with Crippen LogP contribution in [0.1, 0.15) is 24.3 Å². The zero-order valence-corrected chi connectivity index (χ0v) is 13.5. The molecule has 2 rings (SSSR count). The highest BCUT2D eigenvalue weighted by Crippen LogP contribution is 2.27. The third-order valence-electron chi connectivity index (χ3n) is 3.07. The first kappa shape index (κ1) is 14.6. The maximum atomic E-state index is 9.22. The molecule has 0 radical (unpaired) electrons. The maximum absolute atomic E-state index is 9.22. The molecule has 0 saturated carbocycles. The van der Waals surface area contributed by atoms with E-state index >= 15 is 0 Å². The van der Waals surface area contributed by atoms with E-state index in [-0.39, 0.29) is 6.61 Å². The largest absolute Gasteiger partial charge is 0.392 e. The Hall–Kier alpha value is -0.840. The number of hydrogen-bond donors (Lipinski definition) is 1. The summed E-state index contributed by atoms with van der Waals surface area (Å²) in [6, 6.07) is 10.8. The summed E-state index contributed by atoms with van der Waals surface area (Å²) in [6.45, 7) is 5.37. The fraction of sp³-hybridized carbons (Fsp3) is 0.333. The first-order chi connectivity index (χ1) is 9.11. The molecule has 0 spiro atoms. The molecule has 0 aliphatic heterocycles. The molecule has 0 aliphatic rings. The van der Waals surface area contributed by atoms with E-state index in [4.69, 9.17) is 0 Å². The Morgan fingerprint density at radius 3 is 2.63 bits per heavy atom. The van der Waals surface area contributed by atoms with Gasteiger partial charge in [0.15, 0.2) is 0 Å². The zero-order valence-electron chi connectivity index (χ0n) is 11.1. The van der Waals surface area contributed by atoms with Crippen molar-refractivity contribution in [2.24, 2.45) is 0 Å². The summed E-state index contributed by atoms with van der Waals surface area (Å²) in [7, 11) is 0. The van der Waals surface area contributed by atoms with E-state index in [1.165, 1.54) is 10.6 Å². The van der Waals surface area contributed by atoms with Gasteiger partial charge >= 0.3 is 0 Å². The molecule has 0 unspecified atom stereocenters. The van der Waals surface area contributed by atoms with Crippen LogP contribution >= 0.6 is 27.3 Å². The van der Waals surface area contributed by atoms with Gasteiger partial charge in [0, 0.05) is 21.1 Å². The Labute approximate surface area is 126 Å². The Kier molecular flexibility index (Phi) is 5.02. The van der Waals surface area contributed by atoms with Crippen molar-refractivity contribution in [3.05, 3.63) is 50.6 Å². The second-order valence-electron chi connectivity index (χ2n) is 4.73. The Bertz CT molecular complexity index is 525. The van der Waals surface area contributed by atoms with Crippen molar-refractivity contribution in [3.63, 3.8) is 0 Å². The van der Waals surface area contributed by atoms with Gasteiger partial charge in [-0.1, -0.05) is 28.1 Å². The minimum absolute atomic E-state index is 0.0630. The van der Waals surface area contributed by atoms with Crippen LogP contribution in [0, 0.1) is 0 Å². The molecule has 102 valence electrons. The lowest BCUT2D eigenvalue weighted by atomic mass is 10.1. The number of rotatable bonds is 5. The molecule has 1 heterocycles. The van der Waals surface area contributed by atoms with Gasteiger partial charge < -0.3 is 10.0 Å². The summed E-state index contributed by atoms with van der Waals surface area (Å²) in [5, 5.41) is 11.3. The zero-order chi connectivity index (χ0) is 13.8. The highest BCUT2D eigenvalue weighted by molar-refractivity contribution is 9.10. The summed E-state index contributed by atoms with van der Waals surface area (Å²) in [4.78, 5) is 3.72. The van der Waals surface area contributed by atoms with E-state index < -0.39 is 0 Å². The van der Waals surface area contributed by atoms with Gasteiger partial charge in [-0.2, -0.15) is 0 Å². The molecule has 0 saturated heterocycles. The van der Waals surface area contributed by atoms with Crippen LogP contribution in [0.2, 0.25) is 0 Å². The normalized spacial score (nSPS) is 11.0. The van der Waals surface area contributed by atoms with Gasteiger partial charge in [0.05, 0.1) is 13.2 Å². The number of aliphatic hydroxyl groups excluding tert-OH is 1. The van der Waals surface area contributed by atoms with Crippen molar-refractivity contribution in [3.8, 4) is 0 Å². The molecule has 0 fully saturated rings. The van der Waals surface area contributed by atoms with Crippen molar-refractivity contribution >= 4 is 33.0 Å². The molecule has 1 N–H and O–H groups in total. The fourth-order valence-corrected chi connectivity index (χ4v) is 3.18. The number of nitrogens with zero attached hydrogens (tertiary/aromatic N) is 1. The van der Waals surface area contributed by atoms with E-state index in [0.717, 1.165) is 16.6 Å². The van der Waals surface area contributed by atoms with E-state index in [0.29, 0.717) is 6.04 Å². The molecule has 0 aliphatic carbocycles. The van der Waals surface area contributed by atoms with Crippen molar-refractivity contribution < 1.29 is 5.11 Å². The maximum Gasteiger partial charge on any atom is 0.0692 e. The Morgan fingerprint density at radius 1 is 1.32 bits per heavy atom. The van der Waals surface area contributed by atoms with E-state index in [2.05, 4.69) is 64.3 Å². The number of hydrogen-bond acceptors (Lipinski definition) is 3. The monoisotopic (exact) mass is 339 g/mol. The molecule has 1 aromatic carbocycles. The van der Waals surface area contributed by atoms with Crippen LogP contribution in [0.15, 0.2) is 40.2 Å². The third-order valence-corrected chi connectivity index (χ3v) is 4.67. The van der Waals surface area contributed by atoms with Crippen LogP contribution in [0.25, 0.3) is 0 Å². The summed E-state index contributed by atoms with van der Waals surface area (Å²) < 4.78 is 0.962. The summed E-state index contributed by atoms with van der Waals surface area (Å²) in [6.07, 6.45) is 0. The quantitative estimate of drug-likeness (QED) is 0.871. The molecular formula is C15H18BrNOS. The predicted octanol–water partition coefficient (Wildman–Crippen LogP) is 4.42. The molecule has 2 nitrogen and oxygen atoms in total. The van der Waals surface area contributed by atoms with Crippen LogP contribution in [0.5, 0.6) is 0 Å². The number of benzene rings is 1. The lowest BCUT2D eigenvalue weighted by molar-refractivity contribution is 0.281. The first-order valence-corrected chi connectivity index (χ1v) is 7.97. The predicted molar refractivity (Wildman–Crippen MR) is 85.7 cm³/mol. The third kappa shape index (κ3) is 3.59. The average Bonchev–Trinajstić information content (AvgIpc) is 2.88. The van der Waals surface area contributed by atoms with Gasteiger partial charge in [-0.05, 0) is 43.0 Å². The molecule has 0 bridgehead atoms. The van der Waals surface area contributed by atoms with Crippen molar-refractivity contribution in [1.82, 2.24) is 0 Å². The fourth-order valence-electron chi connectivity index (χ4n) is 1.99. The van der Waals surface area contributed by atoms with Gasteiger partial charge in [-0.3, -0.25) is 0 Å². The molecular weight excluding hydrogens is 322 g/mol. The Balaban J connectivity index is 2.26. The minimum Gasteiger partial charge on any atom is -0.392 e. The second kappa shape index (κ2) is 6.55. The van der Waals surface area contributed by atoms with E-state index in [1.807, 2.05) is 6.07 Å². The van der Waals surface area contributed by atoms with E-state index in [1.54, 1.807) is 11.3 Å². The van der Waals surface area contributed by atoms with Gasteiger partial charge in [-0.15, -0.1) is 11.3 Å². The van der Waals surface area contributed by atoms with Crippen LogP contribution in [-0.2, 0) is 13.2 Å². The number of anilines is 1. The van der Waals surface area contributed by atoms with E-state index in [9.17, 15) is 5.11 Å². The van der Waals surface area contributed by atoms with Crippen LogP contribution in [0.4, 0.5) is 5.69 Å². The van der Waals surface area contributed by atoms with Crippen LogP contribution in [-0.4, -0.2) is 11.1 Å². The number of halogens is 1. The van der Waals surface area contributed by atoms with Crippen molar-refractivity contribution in [1.29, 1.82) is 0 Å². The smallest absolute Gasteiger partial charge is 0.0692 e. The van der Waals surface area contributed by atoms with Gasteiger partial charge in [0.1, 0.15) is 0 Å². The minimum atomic E-state index is 0.0630. The summed E-state index contributed by atoms with van der Waals surface area (Å²) in [5.74, 6) is 0. The SMILES string of the molecule is CC(C)N(Cc1cccs1)c1ccc(CO)c(Br)c1. The number of aliphatic hydroxyl groups is 1. The Morgan fingerprint density at radius 2 is 2.11 bits per heavy atom. The highest BCUT2D eigenvalue weighted by Gasteiger charge is 2.13. The summed E-state index contributed by atoms with van der Waals surface area (Å²) >= 11 is 5.30. The van der Waals surface area contributed by atoms with Crippen LogP contribution in [0.3, 0.4) is 0 Å². The van der Waals surface area contributed by atoms with Gasteiger partial charge in [-0.25, -0.2) is 0 Å². The van der Waals surface area contributed by atoms with Crippen molar-refractivity contribution in [2.75, 3.05) is 4.90 Å². The molecule has 4 heteroatoms. The molecule has 0 atom stereocenters. The van der Waals surface area contributed by atoms with Gasteiger partial charge in [0.2, 0.25) is 0 Å². The standard InChI is InChI=1S/C15H18BrNOS/c1-11(2)17(9-14-4-3-7-19-14)13-6-5-12(10-18)15(16)8-13/h3-8,11,18H,9-10H2,1-2H3. The second-order valence-corrected chi connectivity index (χ2v) is 6.62. The lowest BCUT2D eigenvalue weighted by Crippen LogP contribution is -2.29. The lowest BCUT2D eigenvalue weighted by Gasteiger charge is -2.29. The first-order valence-electron chi connectivity index (χ1n) is 6.30. The molecule has 2 aromatic rings. The topological polar surface area (TPSA) is 23.5 Å². The van der Waals surface area contributed by atoms with Crippen molar-refractivity contribution in [2.45, 2.75) is 33.0 Å². The molecule has 19 heavy (non-hydrogen) atoms. The molecule has 0 amide bonds. The molecule has 1 aromatic heterocycles. The average molecular weight is 340 g/mol. The van der Waals surface area contributed by atoms with Crippen LogP contribution < -0.4 is 4.90 Å². The summed E-state index contributed by atoms with van der Waals surface area (Å²) in [5.41, 5.74) is 2.09. The number of thiophene rings is 1.